The summed E-state index contributed by atoms with van der Waals surface area (Å²) >= 11 is 0. The Balaban J connectivity index is 3.04. The first-order chi connectivity index (χ1) is 7.92. The number of nitrogens with one attached hydrogen (secondary N) is 1. The first-order valence-corrected chi connectivity index (χ1v) is 6.27. The normalized spacial score (nSPS) is 12.4. The van der Waals surface area contributed by atoms with Crippen molar-refractivity contribution < 1.29 is 17.9 Å². The highest BCUT2D eigenvalue weighted by Crippen LogP contribution is 2.18. The summed E-state index contributed by atoms with van der Waals surface area (Å²) in [7, 11) is 0. The van der Waals surface area contributed by atoms with Gasteiger partial charge in [0.05, 0.1) is 13.0 Å². The summed E-state index contributed by atoms with van der Waals surface area (Å²) in [6, 6.07) is 0. The molecular formula is C12H24F3NO. The second kappa shape index (κ2) is 9.71. The number of hydrogen-bond donors (Lipinski definition) is 1. The average Bonchev–Trinajstić information content (AvgIpc) is 2.18. The van der Waals surface area contributed by atoms with Crippen molar-refractivity contribution in [3.63, 3.8) is 0 Å². The van der Waals surface area contributed by atoms with Crippen LogP contribution >= 0.6 is 0 Å². The highest BCUT2D eigenvalue weighted by molar-refractivity contribution is 4.52. The van der Waals surface area contributed by atoms with Crippen LogP contribution in [-0.4, -0.2) is 32.5 Å². The Bertz CT molecular complexity index is 172. The summed E-state index contributed by atoms with van der Waals surface area (Å²) in [5.74, 6) is 0.653. The molecule has 5 heteroatoms. The lowest BCUT2D eigenvalue weighted by Gasteiger charge is -2.08. The molecule has 0 amide bonds. The maximum atomic E-state index is 11.7. The molecule has 0 aliphatic carbocycles. The van der Waals surface area contributed by atoms with Crippen LogP contribution in [-0.2, 0) is 4.74 Å². The van der Waals surface area contributed by atoms with Crippen molar-refractivity contribution in [2.24, 2.45) is 5.92 Å². The highest BCUT2D eigenvalue weighted by atomic mass is 19.4. The van der Waals surface area contributed by atoms with Crippen LogP contribution in [0.15, 0.2) is 0 Å². The van der Waals surface area contributed by atoms with E-state index in [0.717, 1.165) is 32.4 Å². The van der Waals surface area contributed by atoms with Crippen LogP contribution < -0.4 is 5.32 Å². The van der Waals surface area contributed by atoms with Crippen molar-refractivity contribution in [3.8, 4) is 0 Å². The highest BCUT2D eigenvalue weighted by Gasteiger charge is 2.26. The Morgan fingerprint density at radius 2 is 1.76 bits per heavy atom. The van der Waals surface area contributed by atoms with Crippen molar-refractivity contribution in [2.75, 3.05) is 26.3 Å². The zero-order valence-electron chi connectivity index (χ0n) is 10.8. The largest absolute Gasteiger partial charge is 0.391 e. The summed E-state index contributed by atoms with van der Waals surface area (Å²) in [6.07, 6.45) is -2.06. The van der Waals surface area contributed by atoms with Gasteiger partial charge in [0, 0.05) is 6.61 Å². The van der Waals surface area contributed by atoms with E-state index < -0.39 is 12.6 Å². The molecule has 0 spiro atoms. The van der Waals surface area contributed by atoms with E-state index in [0.29, 0.717) is 12.5 Å². The van der Waals surface area contributed by atoms with Gasteiger partial charge >= 0.3 is 6.18 Å². The van der Waals surface area contributed by atoms with Gasteiger partial charge in [-0.15, -0.1) is 0 Å². The standard InChI is InChI=1S/C12H24F3NO/c1-11(2)10-16-7-4-3-5-8-17-9-6-12(13,14)15/h11,16H,3-10H2,1-2H3. The molecule has 0 bridgehead atoms. The molecule has 0 rings (SSSR count). The van der Waals surface area contributed by atoms with Gasteiger partial charge in [-0.2, -0.15) is 13.2 Å². The molecule has 1 N–H and O–H groups in total. The molecular weight excluding hydrogens is 231 g/mol. The molecule has 0 heterocycles. The summed E-state index contributed by atoms with van der Waals surface area (Å²) in [5, 5.41) is 3.32. The molecule has 0 aromatic carbocycles. The van der Waals surface area contributed by atoms with Crippen molar-refractivity contribution in [1.29, 1.82) is 0 Å². The van der Waals surface area contributed by atoms with Gasteiger partial charge in [-0.3, -0.25) is 0 Å². The maximum absolute atomic E-state index is 11.7. The Kier molecular flexibility index (Phi) is 9.55. The molecule has 104 valence electrons. The SMILES string of the molecule is CC(C)CNCCCCCOCCC(F)(F)F. The summed E-state index contributed by atoms with van der Waals surface area (Å²) in [5.41, 5.74) is 0. The molecule has 0 aliphatic rings. The van der Waals surface area contributed by atoms with E-state index >= 15 is 0 Å². The third kappa shape index (κ3) is 15.7. The fraction of sp³-hybridized carbons (Fsp3) is 1.00. The molecule has 0 unspecified atom stereocenters. The Labute approximate surface area is 102 Å². The summed E-state index contributed by atoms with van der Waals surface area (Å²) in [4.78, 5) is 0. The smallest absolute Gasteiger partial charge is 0.381 e. The van der Waals surface area contributed by atoms with Gasteiger partial charge in [0.25, 0.3) is 0 Å². The number of unbranched alkanes of at least 4 members (excludes halogenated alkanes) is 2. The van der Waals surface area contributed by atoms with Crippen molar-refractivity contribution >= 4 is 0 Å². The van der Waals surface area contributed by atoms with Gasteiger partial charge in [-0.25, -0.2) is 0 Å². The minimum atomic E-state index is -4.10. The van der Waals surface area contributed by atoms with Crippen molar-refractivity contribution in [2.45, 2.75) is 45.7 Å². The minimum absolute atomic E-state index is 0.213. The van der Waals surface area contributed by atoms with Crippen LogP contribution in [0.1, 0.15) is 39.5 Å². The van der Waals surface area contributed by atoms with E-state index in [-0.39, 0.29) is 6.61 Å². The van der Waals surface area contributed by atoms with E-state index in [1.54, 1.807) is 0 Å². The van der Waals surface area contributed by atoms with E-state index in [1.165, 1.54) is 0 Å². The van der Waals surface area contributed by atoms with Crippen LogP contribution in [0.3, 0.4) is 0 Å². The average molecular weight is 255 g/mol. The topological polar surface area (TPSA) is 21.3 Å². The minimum Gasteiger partial charge on any atom is -0.381 e. The third-order valence-corrected chi connectivity index (χ3v) is 2.22. The summed E-state index contributed by atoms with van der Waals surface area (Å²) in [6.45, 7) is 6.52. The molecule has 0 aliphatic heterocycles. The molecule has 0 fully saturated rings. The second-order valence-electron chi connectivity index (χ2n) is 4.64. The van der Waals surface area contributed by atoms with Gasteiger partial charge in [0.15, 0.2) is 0 Å². The van der Waals surface area contributed by atoms with E-state index in [1.807, 2.05) is 0 Å². The molecule has 0 aromatic rings. The molecule has 0 radical (unpaired) electrons. The number of halogens is 3. The lowest BCUT2D eigenvalue weighted by atomic mass is 10.2. The zero-order valence-corrected chi connectivity index (χ0v) is 10.8. The fourth-order valence-electron chi connectivity index (χ4n) is 1.31. The van der Waals surface area contributed by atoms with Crippen LogP contribution in [0.2, 0.25) is 0 Å². The van der Waals surface area contributed by atoms with Crippen LogP contribution in [0.25, 0.3) is 0 Å². The van der Waals surface area contributed by atoms with Gasteiger partial charge in [-0.05, 0) is 38.3 Å². The monoisotopic (exact) mass is 255 g/mol. The zero-order chi connectivity index (χ0) is 13.1. The number of rotatable bonds is 10. The molecule has 0 atom stereocenters. The molecule has 0 aromatic heterocycles. The summed E-state index contributed by atoms with van der Waals surface area (Å²) < 4.78 is 40.2. The van der Waals surface area contributed by atoms with Gasteiger partial charge in [0.2, 0.25) is 0 Å². The Morgan fingerprint density at radius 1 is 1.06 bits per heavy atom. The first-order valence-electron chi connectivity index (χ1n) is 6.27. The van der Waals surface area contributed by atoms with Crippen LogP contribution in [0.4, 0.5) is 13.2 Å². The third-order valence-electron chi connectivity index (χ3n) is 2.22. The number of ether oxygens (including phenoxy) is 1. The van der Waals surface area contributed by atoms with Crippen molar-refractivity contribution in [1.82, 2.24) is 5.32 Å². The van der Waals surface area contributed by atoms with Crippen LogP contribution in [0, 0.1) is 5.92 Å². The predicted molar refractivity (Wildman–Crippen MR) is 63.0 cm³/mol. The predicted octanol–water partition coefficient (Wildman–Crippen LogP) is 3.37. The van der Waals surface area contributed by atoms with E-state index in [9.17, 15) is 13.2 Å². The fourth-order valence-corrected chi connectivity index (χ4v) is 1.31. The Morgan fingerprint density at radius 3 is 2.35 bits per heavy atom. The van der Waals surface area contributed by atoms with Gasteiger partial charge < -0.3 is 10.1 Å². The van der Waals surface area contributed by atoms with Gasteiger partial charge in [0.1, 0.15) is 0 Å². The number of hydrogen-bond acceptors (Lipinski definition) is 2. The van der Waals surface area contributed by atoms with E-state index in [4.69, 9.17) is 4.74 Å². The molecule has 2 nitrogen and oxygen atoms in total. The maximum Gasteiger partial charge on any atom is 0.391 e. The van der Waals surface area contributed by atoms with Gasteiger partial charge in [-0.1, -0.05) is 13.8 Å². The van der Waals surface area contributed by atoms with Crippen LogP contribution in [0.5, 0.6) is 0 Å². The second-order valence-corrected chi connectivity index (χ2v) is 4.64. The quantitative estimate of drug-likeness (QED) is 0.604. The van der Waals surface area contributed by atoms with E-state index in [2.05, 4.69) is 19.2 Å². The lowest BCUT2D eigenvalue weighted by Crippen LogP contribution is -2.20. The number of alkyl halides is 3. The molecule has 0 saturated heterocycles. The lowest BCUT2D eigenvalue weighted by molar-refractivity contribution is -0.145. The molecule has 0 saturated carbocycles. The van der Waals surface area contributed by atoms with Crippen molar-refractivity contribution in [3.05, 3.63) is 0 Å². The first kappa shape index (κ1) is 16.7. The Hall–Kier alpha value is -0.290. The molecule has 17 heavy (non-hydrogen) atoms.